The van der Waals surface area contributed by atoms with E-state index in [1.807, 2.05) is 273 Å². The van der Waals surface area contributed by atoms with E-state index >= 15 is 0 Å². The van der Waals surface area contributed by atoms with Crippen LogP contribution in [0, 0.1) is 0 Å². The van der Waals surface area contributed by atoms with Crippen LogP contribution in [-0.4, -0.2) is 22.6 Å². The number of primary amides is 1. The maximum atomic E-state index is 11.8. The lowest BCUT2D eigenvalue weighted by Crippen LogP contribution is -2.49. The first-order valence-electron chi connectivity index (χ1n) is 21.3. The molecule has 6 nitrogen and oxygen atoms in total. The number of amides is 2. The SMILES string of the molecule is NC(=O)NC(c1ccccc1)(c1ccccc1)c1ccccc1.O=C(c1ccccc1)c1ccccc1.OC(c1ccccc1)c1ccccc1.[NH2+]=C(c1ccccc1)c1ccccc1. The van der Waals surface area contributed by atoms with Crippen molar-refractivity contribution in [1.82, 2.24) is 5.32 Å². The number of ketones is 1. The third-order valence-corrected chi connectivity index (χ3v) is 10.4. The summed E-state index contributed by atoms with van der Waals surface area (Å²) < 4.78 is 0. The lowest BCUT2D eigenvalue weighted by molar-refractivity contribution is -0.111. The number of carbonyl (C=O) groups excluding carboxylic acids is 2. The average Bonchev–Trinajstić information content (AvgIpc) is 3.40. The summed E-state index contributed by atoms with van der Waals surface area (Å²) >= 11 is 0. The number of rotatable bonds is 10. The summed E-state index contributed by atoms with van der Waals surface area (Å²) in [4.78, 5) is 23.7. The molecule has 0 fully saturated rings. The second kappa shape index (κ2) is 24.3. The normalized spacial score (nSPS) is 10.3. The molecule has 0 aromatic heterocycles. The summed E-state index contributed by atoms with van der Waals surface area (Å²) in [6.45, 7) is 0. The molecular formula is C59H52N3O3+. The lowest BCUT2D eigenvalue weighted by Gasteiger charge is -2.36. The van der Waals surface area contributed by atoms with Crippen LogP contribution in [-0.2, 0) is 5.54 Å². The Kier molecular flexibility index (Phi) is 17.2. The Hall–Kier alpha value is -8.45. The minimum atomic E-state index is -0.824. The van der Waals surface area contributed by atoms with Gasteiger partial charge in [0.15, 0.2) is 5.78 Å². The molecule has 9 aromatic carbocycles. The Balaban J connectivity index is 0.000000148. The van der Waals surface area contributed by atoms with Crippen molar-refractivity contribution in [3.63, 3.8) is 0 Å². The Morgan fingerprint density at radius 2 is 0.615 bits per heavy atom. The van der Waals surface area contributed by atoms with E-state index in [1.54, 1.807) is 0 Å². The standard InChI is InChI=1S/C20H18N2O.C13H11N.C13H12O.C13H10O/c21-19(23)22-20(16-10-4-1-5-11-16,17-12-6-2-7-13-17)18-14-8-3-9-15-18;3*14-13(11-7-3-1-4-8-11)12-9-5-2-6-10-12/h1-15H,(H3,21,22,23);1-10,14H;1-10,13-14H;1-10H/p+1. The van der Waals surface area contributed by atoms with Gasteiger partial charge in [-0.15, -0.1) is 0 Å². The summed E-state index contributed by atoms with van der Waals surface area (Å²) in [7, 11) is 0. The van der Waals surface area contributed by atoms with E-state index in [1.165, 1.54) is 0 Å². The molecule has 9 rings (SSSR count). The molecule has 6 heteroatoms. The number of urea groups is 1. The van der Waals surface area contributed by atoms with E-state index in [0.29, 0.717) is 0 Å². The van der Waals surface area contributed by atoms with E-state index in [0.717, 1.165) is 55.8 Å². The molecule has 0 atom stereocenters. The van der Waals surface area contributed by atoms with Gasteiger partial charge in [-0.1, -0.05) is 249 Å². The molecule has 0 radical (unpaired) electrons. The average molecular weight is 851 g/mol. The second-order valence-corrected chi connectivity index (χ2v) is 14.8. The van der Waals surface area contributed by atoms with Gasteiger partial charge in [0.2, 0.25) is 5.71 Å². The largest absolute Gasteiger partial charge is 0.384 e. The highest BCUT2D eigenvalue weighted by molar-refractivity contribution is 6.09. The van der Waals surface area contributed by atoms with Crippen LogP contribution in [0.3, 0.4) is 0 Å². The summed E-state index contributed by atoms with van der Waals surface area (Å²) in [5.74, 6) is 0.0752. The Labute approximate surface area is 381 Å². The fraction of sp³-hybridized carbons (Fsp3) is 0.0339. The van der Waals surface area contributed by atoms with Gasteiger partial charge in [0.1, 0.15) is 11.6 Å². The number of benzene rings is 9. The van der Waals surface area contributed by atoms with E-state index in [2.05, 4.69) is 5.32 Å². The van der Waals surface area contributed by atoms with Crippen molar-refractivity contribution in [1.29, 1.82) is 0 Å². The number of carbonyl (C=O) groups is 2. The van der Waals surface area contributed by atoms with Gasteiger partial charge in [-0.2, -0.15) is 0 Å². The van der Waals surface area contributed by atoms with Crippen LogP contribution in [0.4, 0.5) is 4.79 Å². The maximum Gasteiger partial charge on any atom is 0.313 e. The molecule has 0 aliphatic heterocycles. The molecule has 0 aliphatic carbocycles. The minimum Gasteiger partial charge on any atom is -0.384 e. The predicted octanol–water partition coefficient (Wildman–Crippen LogP) is 10.6. The Morgan fingerprint density at radius 1 is 0.385 bits per heavy atom. The van der Waals surface area contributed by atoms with E-state index in [-0.39, 0.29) is 5.78 Å². The molecule has 0 bridgehead atoms. The molecule has 0 heterocycles. The van der Waals surface area contributed by atoms with Crippen LogP contribution < -0.4 is 16.5 Å². The number of hydrogen-bond donors (Lipinski definition) is 4. The molecule has 0 spiro atoms. The van der Waals surface area contributed by atoms with Gasteiger partial charge in [0, 0.05) is 22.3 Å². The lowest BCUT2D eigenvalue weighted by atomic mass is 9.77. The molecule has 2 amide bonds. The Morgan fingerprint density at radius 3 is 0.877 bits per heavy atom. The van der Waals surface area contributed by atoms with Gasteiger partial charge in [0.05, 0.1) is 0 Å². The van der Waals surface area contributed by atoms with Crippen molar-refractivity contribution in [2.45, 2.75) is 11.6 Å². The molecule has 0 saturated heterocycles. The molecule has 0 unspecified atom stereocenters. The number of aliphatic hydroxyl groups excluding tert-OH is 1. The van der Waals surface area contributed by atoms with E-state index < -0.39 is 17.7 Å². The topological polar surface area (TPSA) is 118 Å². The van der Waals surface area contributed by atoms with Crippen molar-refractivity contribution in [2.24, 2.45) is 5.73 Å². The number of aliphatic hydroxyl groups is 1. The molecule has 9 aromatic rings. The van der Waals surface area contributed by atoms with Gasteiger partial charge in [-0.3, -0.25) is 10.2 Å². The van der Waals surface area contributed by atoms with Crippen molar-refractivity contribution >= 4 is 17.5 Å². The molecule has 320 valence electrons. The molecule has 6 N–H and O–H groups in total. The highest BCUT2D eigenvalue weighted by Crippen LogP contribution is 2.36. The van der Waals surface area contributed by atoms with Gasteiger partial charge in [-0.05, 0) is 52.1 Å². The van der Waals surface area contributed by atoms with Gasteiger partial charge in [-0.25, -0.2) is 4.79 Å². The first-order valence-corrected chi connectivity index (χ1v) is 21.3. The first kappa shape index (κ1) is 46.1. The third kappa shape index (κ3) is 13.0. The number of hydrogen-bond acceptors (Lipinski definition) is 3. The predicted molar refractivity (Wildman–Crippen MR) is 263 cm³/mol. The molecule has 0 aliphatic rings. The van der Waals surface area contributed by atoms with Crippen LogP contribution in [0.25, 0.3) is 0 Å². The van der Waals surface area contributed by atoms with Crippen molar-refractivity contribution in [3.8, 4) is 0 Å². The van der Waals surface area contributed by atoms with Crippen molar-refractivity contribution in [2.75, 3.05) is 0 Å². The summed E-state index contributed by atoms with van der Waals surface area (Å²) in [6, 6.07) is 87.0. The van der Waals surface area contributed by atoms with Gasteiger partial charge >= 0.3 is 6.03 Å². The van der Waals surface area contributed by atoms with E-state index in [4.69, 9.17) is 11.1 Å². The van der Waals surface area contributed by atoms with Crippen molar-refractivity contribution in [3.05, 3.63) is 323 Å². The zero-order chi connectivity index (χ0) is 45.5. The van der Waals surface area contributed by atoms with Crippen LogP contribution >= 0.6 is 0 Å². The second-order valence-electron chi connectivity index (χ2n) is 14.8. The van der Waals surface area contributed by atoms with Gasteiger partial charge in [0.25, 0.3) is 0 Å². The number of nitrogens with one attached hydrogen (secondary N) is 1. The van der Waals surface area contributed by atoms with Crippen LogP contribution in [0.15, 0.2) is 273 Å². The summed E-state index contributed by atoms with van der Waals surface area (Å²) in [5, 5.41) is 19.0. The molecule has 0 saturated carbocycles. The summed E-state index contributed by atoms with van der Waals surface area (Å²) in [6.07, 6.45) is -0.516. The molecular weight excluding hydrogens is 799 g/mol. The summed E-state index contributed by atoms with van der Waals surface area (Å²) in [5.41, 5.74) is 13.9. The number of nitrogens with two attached hydrogens (primary N) is 2. The smallest absolute Gasteiger partial charge is 0.313 e. The minimum absolute atomic E-state index is 0.0752. The Bertz CT molecular complexity index is 2460. The quantitative estimate of drug-likeness (QED) is 0.0623. The van der Waals surface area contributed by atoms with Gasteiger partial charge < -0.3 is 16.2 Å². The fourth-order valence-electron chi connectivity index (χ4n) is 7.18. The third-order valence-electron chi connectivity index (χ3n) is 10.4. The maximum absolute atomic E-state index is 11.8. The van der Waals surface area contributed by atoms with E-state index in [9.17, 15) is 14.7 Å². The zero-order valence-corrected chi connectivity index (χ0v) is 36.0. The van der Waals surface area contributed by atoms with Crippen LogP contribution in [0.2, 0.25) is 0 Å². The monoisotopic (exact) mass is 850 g/mol. The highest BCUT2D eigenvalue weighted by atomic mass is 16.3. The highest BCUT2D eigenvalue weighted by Gasteiger charge is 2.37. The first-order chi connectivity index (χ1) is 31.9. The van der Waals surface area contributed by atoms with Crippen LogP contribution in [0.1, 0.15) is 61.0 Å². The molecule has 65 heavy (non-hydrogen) atoms. The van der Waals surface area contributed by atoms with Crippen LogP contribution in [0.5, 0.6) is 0 Å². The zero-order valence-electron chi connectivity index (χ0n) is 36.0. The fourth-order valence-corrected chi connectivity index (χ4v) is 7.18. The van der Waals surface area contributed by atoms with Crippen molar-refractivity contribution < 1.29 is 20.1 Å².